The molecule has 0 radical (unpaired) electrons. The molecule has 0 saturated carbocycles. The van der Waals surface area contributed by atoms with E-state index in [9.17, 15) is 0 Å². The lowest BCUT2D eigenvalue weighted by atomic mass is 10.1. The number of hydrogen-bond acceptors (Lipinski definition) is 2. The number of hydrogen-bond donors (Lipinski definition) is 1. The zero-order valence-corrected chi connectivity index (χ0v) is 13.1. The Bertz CT molecular complexity index is 409. The second kappa shape index (κ2) is 7.82. The molecule has 4 heteroatoms. The van der Waals surface area contributed by atoms with E-state index in [0.717, 1.165) is 17.4 Å². The summed E-state index contributed by atoms with van der Waals surface area (Å²) in [5.41, 5.74) is 1.17. The molecule has 0 amide bonds. The average Bonchev–Trinajstić information content (AvgIpc) is 2.34. The van der Waals surface area contributed by atoms with E-state index in [1.165, 1.54) is 5.56 Å². The molecule has 100 valence electrons. The molecule has 1 aromatic rings. The van der Waals surface area contributed by atoms with E-state index in [0.29, 0.717) is 23.4 Å². The van der Waals surface area contributed by atoms with Gasteiger partial charge < -0.3 is 10.1 Å². The molecule has 0 fully saturated rings. The van der Waals surface area contributed by atoms with E-state index in [1.54, 1.807) is 0 Å². The Balaban J connectivity index is 2.69. The van der Waals surface area contributed by atoms with Gasteiger partial charge in [-0.15, -0.1) is 0 Å². The third-order valence-corrected chi connectivity index (χ3v) is 3.07. The Labute approximate surface area is 122 Å². The summed E-state index contributed by atoms with van der Waals surface area (Å²) in [4.78, 5) is 0. The van der Waals surface area contributed by atoms with Crippen molar-refractivity contribution in [3.8, 4) is 5.75 Å². The fourth-order valence-corrected chi connectivity index (χ4v) is 1.90. The highest BCUT2D eigenvalue weighted by Gasteiger charge is 2.08. The van der Waals surface area contributed by atoms with Crippen LogP contribution in [0.15, 0.2) is 29.3 Å². The minimum absolute atomic E-state index is 0.294. The quantitative estimate of drug-likeness (QED) is 0.782. The lowest BCUT2D eigenvalue weighted by Gasteiger charge is -2.15. The molecule has 1 aromatic carbocycles. The highest BCUT2D eigenvalue weighted by Crippen LogP contribution is 2.28. The summed E-state index contributed by atoms with van der Waals surface area (Å²) in [6, 6.07) is 6.17. The number of benzene rings is 1. The topological polar surface area (TPSA) is 21.3 Å². The van der Waals surface area contributed by atoms with Crippen LogP contribution in [0.2, 0.25) is 5.02 Å². The molecule has 0 bridgehead atoms. The van der Waals surface area contributed by atoms with Crippen LogP contribution in [0.3, 0.4) is 0 Å². The molecule has 2 nitrogen and oxygen atoms in total. The summed E-state index contributed by atoms with van der Waals surface area (Å²) in [6.07, 6.45) is 1.12. The van der Waals surface area contributed by atoms with Crippen molar-refractivity contribution in [2.45, 2.75) is 26.3 Å². The predicted molar refractivity (Wildman–Crippen MR) is 81.7 cm³/mol. The summed E-state index contributed by atoms with van der Waals surface area (Å²) in [5.74, 6) is 0.684. The largest absolute Gasteiger partial charge is 0.487 e. The molecule has 1 atom stereocenters. The maximum Gasteiger partial charge on any atom is 0.138 e. The van der Waals surface area contributed by atoms with E-state index < -0.39 is 0 Å². The molecule has 0 aliphatic carbocycles. The lowest BCUT2D eigenvalue weighted by molar-refractivity contribution is 0.361. The smallest absolute Gasteiger partial charge is 0.138 e. The van der Waals surface area contributed by atoms with Crippen LogP contribution in [0.1, 0.15) is 31.9 Å². The number of ether oxygens (including phenoxy) is 1. The summed E-state index contributed by atoms with van der Waals surface area (Å²) in [6.45, 7) is 9.41. The highest BCUT2D eigenvalue weighted by molar-refractivity contribution is 9.11. The summed E-state index contributed by atoms with van der Waals surface area (Å²) in [5, 5.41) is 4.06. The highest BCUT2D eigenvalue weighted by atomic mass is 79.9. The van der Waals surface area contributed by atoms with Gasteiger partial charge in [0.2, 0.25) is 0 Å². The molecule has 1 rings (SSSR count). The monoisotopic (exact) mass is 331 g/mol. The molecule has 0 aliphatic heterocycles. The van der Waals surface area contributed by atoms with Gasteiger partial charge in [-0.2, -0.15) is 0 Å². The van der Waals surface area contributed by atoms with E-state index in [1.807, 2.05) is 18.2 Å². The molecule has 0 spiro atoms. The van der Waals surface area contributed by atoms with Crippen molar-refractivity contribution in [3.63, 3.8) is 0 Å². The van der Waals surface area contributed by atoms with Gasteiger partial charge in [0.1, 0.15) is 12.4 Å². The van der Waals surface area contributed by atoms with Crippen molar-refractivity contribution in [1.82, 2.24) is 5.32 Å². The fraction of sp³-hybridized carbons (Fsp3) is 0.429. The first kappa shape index (κ1) is 15.5. The van der Waals surface area contributed by atoms with E-state index >= 15 is 0 Å². The van der Waals surface area contributed by atoms with Crippen molar-refractivity contribution in [1.29, 1.82) is 0 Å². The molecule has 18 heavy (non-hydrogen) atoms. The number of nitrogens with one attached hydrogen (secondary N) is 1. The zero-order valence-electron chi connectivity index (χ0n) is 10.8. The van der Waals surface area contributed by atoms with Gasteiger partial charge in [0, 0.05) is 10.5 Å². The number of halogens is 2. The van der Waals surface area contributed by atoms with E-state index in [2.05, 4.69) is 41.7 Å². The molecular formula is C14H19BrClNO. The van der Waals surface area contributed by atoms with Gasteiger partial charge in [-0.25, -0.2) is 0 Å². The van der Waals surface area contributed by atoms with Gasteiger partial charge in [-0.3, -0.25) is 0 Å². The SMILES string of the molecule is C=C(Br)COc1ccc(C(C)NCCC)cc1Cl. The first-order valence-corrected chi connectivity index (χ1v) is 7.20. The zero-order chi connectivity index (χ0) is 13.5. The second-order valence-corrected chi connectivity index (χ2v) is 5.70. The average molecular weight is 333 g/mol. The fourth-order valence-electron chi connectivity index (χ4n) is 1.54. The first-order valence-electron chi connectivity index (χ1n) is 6.03. The Morgan fingerprint density at radius 2 is 2.28 bits per heavy atom. The summed E-state index contributed by atoms with van der Waals surface area (Å²) < 4.78 is 6.31. The van der Waals surface area contributed by atoms with Crippen LogP contribution in [0, 0.1) is 0 Å². The van der Waals surface area contributed by atoms with E-state index in [4.69, 9.17) is 16.3 Å². The number of rotatable bonds is 7. The van der Waals surface area contributed by atoms with Gasteiger partial charge in [0.25, 0.3) is 0 Å². The van der Waals surface area contributed by atoms with Gasteiger partial charge in [0.05, 0.1) is 5.02 Å². The third kappa shape index (κ3) is 5.01. The summed E-state index contributed by atoms with van der Waals surface area (Å²) in [7, 11) is 0. The minimum Gasteiger partial charge on any atom is -0.487 e. The normalized spacial score (nSPS) is 12.2. The van der Waals surface area contributed by atoms with Crippen LogP contribution in [-0.4, -0.2) is 13.2 Å². The molecule has 1 unspecified atom stereocenters. The van der Waals surface area contributed by atoms with Crippen molar-refractivity contribution >= 4 is 27.5 Å². The van der Waals surface area contributed by atoms with Gasteiger partial charge in [0.15, 0.2) is 0 Å². The van der Waals surface area contributed by atoms with Gasteiger partial charge >= 0.3 is 0 Å². The molecule has 0 heterocycles. The van der Waals surface area contributed by atoms with Crippen LogP contribution in [0.25, 0.3) is 0 Å². The standard InChI is InChI=1S/C14H19BrClNO/c1-4-7-17-11(3)12-5-6-14(13(16)8-12)18-9-10(2)15/h5-6,8,11,17H,2,4,7,9H2,1,3H3. The molecule has 1 N–H and O–H groups in total. The lowest BCUT2D eigenvalue weighted by Crippen LogP contribution is -2.19. The minimum atomic E-state index is 0.294. The maximum absolute atomic E-state index is 6.19. The molecular weight excluding hydrogens is 314 g/mol. The van der Waals surface area contributed by atoms with Crippen LogP contribution >= 0.6 is 27.5 Å². The Kier molecular flexibility index (Phi) is 6.76. The third-order valence-electron chi connectivity index (χ3n) is 2.54. The van der Waals surface area contributed by atoms with Crippen molar-refractivity contribution < 1.29 is 4.74 Å². The Hall–Kier alpha value is -0.510. The first-order chi connectivity index (χ1) is 8.54. The molecule has 0 saturated heterocycles. The van der Waals surface area contributed by atoms with Crippen molar-refractivity contribution in [2.24, 2.45) is 0 Å². The van der Waals surface area contributed by atoms with Crippen molar-refractivity contribution in [2.75, 3.05) is 13.2 Å². The van der Waals surface area contributed by atoms with Gasteiger partial charge in [-0.05, 0) is 37.6 Å². The molecule has 0 aromatic heterocycles. The van der Waals surface area contributed by atoms with E-state index in [-0.39, 0.29) is 0 Å². The van der Waals surface area contributed by atoms with Gasteiger partial charge in [-0.1, -0.05) is 47.1 Å². The summed E-state index contributed by atoms with van der Waals surface area (Å²) >= 11 is 9.44. The second-order valence-electron chi connectivity index (χ2n) is 4.17. The van der Waals surface area contributed by atoms with Crippen molar-refractivity contribution in [3.05, 3.63) is 39.8 Å². The van der Waals surface area contributed by atoms with Crippen LogP contribution in [0.4, 0.5) is 0 Å². The Morgan fingerprint density at radius 3 is 2.83 bits per heavy atom. The van der Waals surface area contributed by atoms with Crippen LogP contribution in [0.5, 0.6) is 5.75 Å². The van der Waals surface area contributed by atoms with Crippen LogP contribution in [-0.2, 0) is 0 Å². The Morgan fingerprint density at radius 1 is 1.56 bits per heavy atom. The maximum atomic E-state index is 6.19. The van der Waals surface area contributed by atoms with Crippen LogP contribution < -0.4 is 10.1 Å². The molecule has 0 aliphatic rings. The predicted octanol–water partition coefficient (Wildman–Crippen LogP) is 4.69.